The quantitative estimate of drug-likeness (QED) is 0.186. The highest BCUT2D eigenvalue weighted by molar-refractivity contribution is 7.26. The zero-order valence-corrected chi connectivity index (χ0v) is 25.3. The zero-order valence-electron chi connectivity index (χ0n) is 24.4. The van der Waals surface area contributed by atoms with Crippen LogP contribution in [-0.2, 0) is 0 Å². The number of hydrogen-bond donors (Lipinski definition) is 0. The number of hydrogen-bond acceptors (Lipinski definition) is 2. The molecule has 0 aliphatic rings. The van der Waals surface area contributed by atoms with Crippen molar-refractivity contribution in [2.45, 2.75) is 0 Å². The van der Waals surface area contributed by atoms with E-state index in [-0.39, 0.29) is 0 Å². The van der Waals surface area contributed by atoms with Crippen LogP contribution in [0.5, 0.6) is 0 Å². The number of benzene rings is 7. The fourth-order valence-electron chi connectivity index (χ4n) is 6.65. The van der Waals surface area contributed by atoms with Gasteiger partial charge in [-0.05, 0) is 69.8 Å². The number of fused-ring (bicyclic) bond motifs is 7. The smallest absolute Gasteiger partial charge is 0.0788 e. The maximum absolute atomic E-state index is 5.16. The second kappa shape index (κ2) is 10.6. The molecule has 210 valence electrons. The van der Waals surface area contributed by atoms with Crippen LogP contribution in [0.25, 0.3) is 86.5 Å². The summed E-state index contributed by atoms with van der Waals surface area (Å²) in [6.07, 6.45) is 0. The first-order valence-electron chi connectivity index (χ1n) is 15.3. The third kappa shape index (κ3) is 4.42. The molecular formula is C43H27NS. The first kappa shape index (κ1) is 25.9. The van der Waals surface area contributed by atoms with E-state index >= 15 is 0 Å². The molecule has 0 amide bonds. The van der Waals surface area contributed by atoms with Crippen LogP contribution >= 0.6 is 11.3 Å². The van der Waals surface area contributed by atoms with E-state index in [1.165, 1.54) is 69.7 Å². The van der Waals surface area contributed by atoms with Gasteiger partial charge in [-0.3, -0.25) is 0 Å². The van der Waals surface area contributed by atoms with E-state index in [1.807, 2.05) is 11.3 Å². The van der Waals surface area contributed by atoms with Crippen LogP contribution in [0, 0.1) is 0 Å². The van der Waals surface area contributed by atoms with Crippen LogP contribution in [0.3, 0.4) is 0 Å². The highest BCUT2D eigenvalue weighted by Gasteiger charge is 2.17. The Morgan fingerprint density at radius 1 is 0.356 bits per heavy atom. The van der Waals surface area contributed by atoms with Gasteiger partial charge in [-0.15, -0.1) is 11.3 Å². The molecule has 0 radical (unpaired) electrons. The van der Waals surface area contributed by atoms with Gasteiger partial charge in [0.15, 0.2) is 0 Å². The highest BCUT2D eigenvalue weighted by Crippen LogP contribution is 2.44. The predicted molar refractivity (Wildman–Crippen MR) is 194 cm³/mol. The number of para-hydroxylation sites is 1. The van der Waals surface area contributed by atoms with Crippen LogP contribution in [-0.4, -0.2) is 4.98 Å². The number of nitrogens with zero attached hydrogens (tertiary/aromatic N) is 1. The van der Waals surface area contributed by atoms with E-state index in [0.29, 0.717) is 0 Å². The molecule has 9 aromatic rings. The summed E-state index contributed by atoms with van der Waals surface area (Å²) in [5.74, 6) is 0. The van der Waals surface area contributed by atoms with E-state index < -0.39 is 0 Å². The van der Waals surface area contributed by atoms with Gasteiger partial charge in [-0.1, -0.05) is 127 Å². The Balaban J connectivity index is 1.28. The van der Waals surface area contributed by atoms with E-state index in [1.54, 1.807) is 0 Å². The Bertz CT molecular complexity index is 2460. The molecule has 7 aromatic carbocycles. The molecule has 0 spiro atoms. The normalized spacial score (nSPS) is 11.6. The molecule has 0 unspecified atom stereocenters. The molecule has 0 fully saturated rings. The van der Waals surface area contributed by atoms with Crippen molar-refractivity contribution in [1.82, 2.24) is 4.98 Å². The van der Waals surface area contributed by atoms with Gasteiger partial charge in [0.25, 0.3) is 0 Å². The van der Waals surface area contributed by atoms with Crippen LogP contribution in [0.1, 0.15) is 0 Å². The fourth-order valence-corrected chi connectivity index (χ4v) is 7.90. The predicted octanol–water partition coefficient (Wildman–Crippen LogP) is 12.4. The van der Waals surface area contributed by atoms with Crippen molar-refractivity contribution in [1.29, 1.82) is 0 Å². The topological polar surface area (TPSA) is 12.9 Å². The first-order chi connectivity index (χ1) is 22.3. The van der Waals surface area contributed by atoms with Crippen molar-refractivity contribution in [3.63, 3.8) is 0 Å². The van der Waals surface area contributed by atoms with Crippen molar-refractivity contribution in [2.24, 2.45) is 0 Å². The van der Waals surface area contributed by atoms with Crippen LogP contribution in [0.15, 0.2) is 164 Å². The van der Waals surface area contributed by atoms with Crippen molar-refractivity contribution < 1.29 is 0 Å². The summed E-state index contributed by atoms with van der Waals surface area (Å²) in [7, 11) is 0. The lowest BCUT2D eigenvalue weighted by Crippen LogP contribution is -1.89. The maximum atomic E-state index is 5.16. The molecule has 2 aromatic heterocycles. The van der Waals surface area contributed by atoms with E-state index in [4.69, 9.17) is 4.98 Å². The fraction of sp³-hybridized carbons (Fsp3) is 0. The molecule has 0 N–H and O–H groups in total. The summed E-state index contributed by atoms with van der Waals surface area (Å²) < 4.78 is 2.62. The number of thiophene rings is 1. The van der Waals surface area contributed by atoms with Gasteiger partial charge in [-0.25, -0.2) is 4.98 Å². The van der Waals surface area contributed by atoms with Gasteiger partial charge in [0, 0.05) is 41.9 Å². The van der Waals surface area contributed by atoms with Gasteiger partial charge >= 0.3 is 0 Å². The molecule has 0 atom stereocenters. The Hall–Kier alpha value is -5.57. The number of pyridine rings is 1. The molecule has 9 rings (SSSR count). The lowest BCUT2D eigenvalue weighted by molar-refractivity contribution is 1.43. The zero-order chi connectivity index (χ0) is 29.7. The van der Waals surface area contributed by atoms with E-state index in [9.17, 15) is 0 Å². The van der Waals surface area contributed by atoms with Gasteiger partial charge < -0.3 is 0 Å². The maximum Gasteiger partial charge on any atom is 0.0788 e. The molecule has 0 saturated carbocycles. The third-order valence-corrected chi connectivity index (χ3v) is 10.0. The van der Waals surface area contributed by atoms with Crippen molar-refractivity contribution in [3.8, 4) is 44.6 Å². The SMILES string of the molecule is c1ccc(-c2cc(-c3ccccc3)cc(-c3ccc4sc5c(ccc6c(-c7ccccc7)nc7ccccc7c65)c4c3)c2)cc1. The van der Waals surface area contributed by atoms with Gasteiger partial charge in [0.2, 0.25) is 0 Å². The Morgan fingerprint density at radius 2 is 0.911 bits per heavy atom. The second-order valence-corrected chi connectivity index (χ2v) is 12.6. The summed E-state index contributed by atoms with van der Waals surface area (Å²) >= 11 is 1.89. The lowest BCUT2D eigenvalue weighted by atomic mass is 9.92. The average molecular weight is 590 g/mol. The molecular weight excluding hydrogens is 563 g/mol. The Morgan fingerprint density at radius 3 is 1.58 bits per heavy atom. The summed E-state index contributed by atoms with van der Waals surface area (Å²) in [4.78, 5) is 5.16. The number of aromatic nitrogens is 1. The minimum atomic E-state index is 1.03. The lowest BCUT2D eigenvalue weighted by Gasteiger charge is -2.12. The molecule has 0 bridgehead atoms. The molecule has 1 nitrogen and oxygen atoms in total. The monoisotopic (exact) mass is 589 g/mol. The van der Waals surface area contributed by atoms with Gasteiger partial charge in [0.05, 0.1) is 11.2 Å². The minimum Gasteiger partial charge on any atom is -0.247 e. The largest absolute Gasteiger partial charge is 0.247 e. The van der Waals surface area contributed by atoms with E-state index in [0.717, 1.165) is 16.8 Å². The summed E-state index contributed by atoms with van der Waals surface area (Å²) in [5, 5.41) is 6.28. The standard InChI is InChI=1S/C43H27NS/c1-4-12-28(13-5-1)32-24-33(29-14-6-2-7-15-29)26-34(25-32)31-20-23-40-38(27-31)35-21-22-37-41(43(35)45-40)36-18-10-11-19-39(36)44-42(37)30-16-8-3-9-17-30/h1-27H. The van der Waals surface area contributed by atoms with Gasteiger partial charge in [0.1, 0.15) is 0 Å². The summed E-state index contributed by atoms with van der Waals surface area (Å²) in [6.45, 7) is 0. The third-order valence-electron chi connectivity index (χ3n) is 8.83. The second-order valence-electron chi connectivity index (χ2n) is 11.6. The van der Waals surface area contributed by atoms with Crippen LogP contribution < -0.4 is 0 Å². The van der Waals surface area contributed by atoms with Crippen molar-refractivity contribution in [2.75, 3.05) is 0 Å². The average Bonchev–Trinajstić information content (AvgIpc) is 3.50. The molecule has 2 heterocycles. The summed E-state index contributed by atoms with van der Waals surface area (Å²) in [6, 6.07) is 59.0. The van der Waals surface area contributed by atoms with E-state index in [2.05, 4.69) is 164 Å². The van der Waals surface area contributed by atoms with Crippen molar-refractivity contribution in [3.05, 3.63) is 164 Å². The summed E-state index contributed by atoms with van der Waals surface area (Å²) in [5.41, 5.74) is 10.5. The minimum absolute atomic E-state index is 1.03. The van der Waals surface area contributed by atoms with Crippen LogP contribution in [0.2, 0.25) is 0 Å². The molecule has 0 aliphatic carbocycles. The molecule has 0 saturated heterocycles. The Labute approximate surface area is 265 Å². The Kier molecular flexibility index (Phi) is 6.07. The molecule has 0 aliphatic heterocycles. The first-order valence-corrected chi connectivity index (χ1v) is 16.1. The highest BCUT2D eigenvalue weighted by atomic mass is 32.1. The number of rotatable bonds is 4. The van der Waals surface area contributed by atoms with Crippen LogP contribution in [0.4, 0.5) is 0 Å². The van der Waals surface area contributed by atoms with Gasteiger partial charge in [-0.2, -0.15) is 0 Å². The molecule has 2 heteroatoms. The van der Waals surface area contributed by atoms with Crippen molar-refractivity contribution >= 4 is 53.2 Å². The molecule has 45 heavy (non-hydrogen) atoms.